The predicted molar refractivity (Wildman–Crippen MR) is 136 cm³/mol. The predicted octanol–water partition coefficient (Wildman–Crippen LogP) is 5.86. The monoisotopic (exact) mass is 587 g/mol. The van der Waals surface area contributed by atoms with Crippen LogP contribution in [0.4, 0.5) is 15.8 Å². The quantitative estimate of drug-likeness (QED) is 0.110. The molecule has 1 amide bonds. The summed E-state index contributed by atoms with van der Waals surface area (Å²) >= 11 is 2.05. The second-order valence-electron chi connectivity index (χ2n) is 7.08. The van der Waals surface area contributed by atoms with Gasteiger partial charge < -0.3 is 14.8 Å². The molecule has 0 aliphatic heterocycles. The number of nitrogens with zero attached hydrogens (tertiary/aromatic N) is 2. The van der Waals surface area contributed by atoms with Gasteiger partial charge in [-0.05, 0) is 83.1 Å². The molecule has 0 unspecified atom stereocenters. The number of nitriles is 1. The highest BCUT2D eigenvalue weighted by Gasteiger charge is 2.16. The Hall–Kier alpha value is -3.98. The first-order valence-corrected chi connectivity index (χ1v) is 11.4. The molecule has 0 saturated heterocycles. The van der Waals surface area contributed by atoms with E-state index in [-0.39, 0.29) is 23.6 Å². The van der Waals surface area contributed by atoms with E-state index < -0.39 is 16.6 Å². The molecule has 3 rings (SSSR count). The van der Waals surface area contributed by atoms with Crippen LogP contribution in [0.1, 0.15) is 18.1 Å². The van der Waals surface area contributed by atoms with Gasteiger partial charge in [0.15, 0.2) is 11.5 Å². The molecule has 0 fully saturated rings. The number of benzene rings is 3. The van der Waals surface area contributed by atoms with Crippen LogP contribution in [0.3, 0.4) is 0 Å². The number of nitrogens with one attached hydrogen (secondary N) is 1. The third-order valence-corrected chi connectivity index (χ3v) is 5.46. The van der Waals surface area contributed by atoms with Crippen LogP contribution in [0, 0.1) is 30.8 Å². The molecule has 0 aliphatic carbocycles. The van der Waals surface area contributed by atoms with E-state index in [2.05, 4.69) is 27.9 Å². The highest BCUT2D eigenvalue weighted by atomic mass is 127. The van der Waals surface area contributed by atoms with Crippen molar-refractivity contribution in [3.8, 4) is 17.6 Å². The van der Waals surface area contributed by atoms with Gasteiger partial charge in [-0.1, -0.05) is 12.1 Å². The van der Waals surface area contributed by atoms with E-state index in [0.717, 1.165) is 5.56 Å². The Bertz CT molecular complexity index is 1320. The summed E-state index contributed by atoms with van der Waals surface area (Å²) < 4.78 is 26.1. The number of halogens is 2. The molecule has 0 radical (unpaired) electrons. The summed E-state index contributed by atoms with van der Waals surface area (Å²) in [5.41, 5.74) is 0.987. The lowest BCUT2D eigenvalue weighted by atomic mass is 10.1. The third-order valence-electron chi connectivity index (χ3n) is 4.66. The van der Waals surface area contributed by atoms with Crippen molar-refractivity contribution in [3.63, 3.8) is 0 Å². The number of nitro groups is 1. The molecular weight excluding hydrogens is 568 g/mol. The number of amides is 1. The Balaban J connectivity index is 1.83. The number of rotatable bonds is 9. The fourth-order valence-electron chi connectivity index (χ4n) is 3.01. The molecule has 0 atom stereocenters. The normalized spacial score (nSPS) is 10.9. The first-order chi connectivity index (χ1) is 16.8. The van der Waals surface area contributed by atoms with Crippen molar-refractivity contribution < 1.29 is 23.6 Å². The van der Waals surface area contributed by atoms with Gasteiger partial charge in [0.1, 0.15) is 24.1 Å². The lowest BCUT2D eigenvalue weighted by Crippen LogP contribution is -2.14. The van der Waals surface area contributed by atoms with E-state index in [1.807, 2.05) is 6.07 Å². The first kappa shape index (κ1) is 25.6. The summed E-state index contributed by atoms with van der Waals surface area (Å²) in [5.74, 6) is -0.499. The molecule has 3 aromatic rings. The Labute approximate surface area is 214 Å². The number of anilines is 1. The van der Waals surface area contributed by atoms with Crippen LogP contribution in [-0.4, -0.2) is 17.4 Å². The van der Waals surface area contributed by atoms with Crippen molar-refractivity contribution in [1.29, 1.82) is 5.26 Å². The fraction of sp³-hybridized carbons (Fsp3) is 0.120. The van der Waals surface area contributed by atoms with Gasteiger partial charge in [0.25, 0.3) is 11.6 Å². The lowest BCUT2D eigenvalue weighted by Gasteiger charge is -2.15. The third kappa shape index (κ3) is 6.77. The topological polar surface area (TPSA) is 114 Å². The summed E-state index contributed by atoms with van der Waals surface area (Å²) in [4.78, 5) is 22.9. The van der Waals surface area contributed by atoms with Crippen LogP contribution in [0.25, 0.3) is 6.08 Å². The van der Waals surface area contributed by atoms with Crippen molar-refractivity contribution >= 4 is 45.9 Å². The van der Waals surface area contributed by atoms with E-state index in [0.29, 0.717) is 27.2 Å². The summed E-state index contributed by atoms with van der Waals surface area (Å²) in [5, 5.41) is 22.7. The zero-order valence-corrected chi connectivity index (χ0v) is 20.6. The molecule has 0 aliphatic rings. The maximum Gasteiger partial charge on any atom is 0.269 e. The van der Waals surface area contributed by atoms with Crippen molar-refractivity contribution in [1.82, 2.24) is 0 Å². The summed E-state index contributed by atoms with van der Waals surface area (Å²) in [6, 6.07) is 16.9. The van der Waals surface area contributed by atoms with Gasteiger partial charge >= 0.3 is 0 Å². The van der Waals surface area contributed by atoms with Gasteiger partial charge in [0.2, 0.25) is 0 Å². The average Bonchev–Trinajstić information content (AvgIpc) is 2.83. The van der Waals surface area contributed by atoms with Gasteiger partial charge in [-0.25, -0.2) is 4.39 Å². The summed E-state index contributed by atoms with van der Waals surface area (Å²) in [6.07, 6.45) is 1.38. The van der Waals surface area contributed by atoms with E-state index in [1.165, 1.54) is 36.4 Å². The second kappa shape index (κ2) is 11.9. The molecule has 10 heteroatoms. The molecule has 0 aromatic heterocycles. The first-order valence-electron chi connectivity index (χ1n) is 10.3. The molecule has 1 N–H and O–H groups in total. The number of hydrogen-bond acceptors (Lipinski definition) is 6. The van der Waals surface area contributed by atoms with Crippen molar-refractivity contribution in [2.24, 2.45) is 0 Å². The molecule has 0 bridgehead atoms. The number of nitro benzene ring substituents is 1. The number of carbonyl (C=O) groups is 1. The van der Waals surface area contributed by atoms with Crippen molar-refractivity contribution in [2.45, 2.75) is 13.5 Å². The zero-order valence-electron chi connectivity index (χ0n) is 18.5. The van der Waals surface area contributed by atoms with Gasteiger partial charge in [-0.2, -0.15) is 5.26 Å². The molecule has 0 spiro atoms. The zero-order chi connectivity index (χ0) is 25.4. The van der Waals surface area contributed by atoms with Crippen LogP contribution < -0.4 is 14.8 Å². The smallest absolute Gasteiger partial charge is 0.269 e. The van der Waals surface area contributed by atoms with Crippen LogP contribution in [-0.2, 0) is 11.4 Å². The Morgan fingerprint density at radius 3 is 2.54 bits per heavy atom. The van der Waals surface area contributed by atoms with Gasteiger partial charge in [0.05, 0.1) is 20.8 Å². The van der Waals surface area contributed by atoms with Crippen molar-refractivity contribution in [2.75, 3.05) is 11.9 Å². The molecule has 0 saturated carbocycles. The highest BCUT2D eigenvalue weighted by Crippen LogP contribution is 2.35. The average molecular weight is 587 g/mol. The van der Waals surface area contributed by atoms with Crippen LogP contribution in [0.15, 0.2) is 66.2 Å². The minimum Gasteiger partial charge on any atom is -0.490 e. The van der Waals surface area contributed by atoms with Gasteiger partial charge in [-0.3, -0.25) is 14.9 Å². The Morgan fingerprint density at radius 2 is 1.91 bits per heavy atom. The largest absolute Gasteiger partial charge is 0.490 e. The van der Waals surface area contributed by atoms with Gasteiger partial charge in [0, 0.05) is 12.1 Å². The van der Waals surface area contributed by atoms with E-state index >= 15 is 0 Å². The number of para-hydroxylation sites is 1. The van der Waals surface area contributed by atoms with Crippen LogP contribution >= 0.6 is 22.6 Å². The van der Waals surface area contributed by atoms with Crippen molar-refractivity contribution in [3.05, 3.63) is 96.9 Å². The number of hydrogen-bond donors (Lipinski definition) is 1. The molecule has 3 aromatic carbocycles. The fourth-order valence-corrected chi connectivity index (χ4v) is 3.79. The maximum atomic E-state index is 13.9. The SMILES string of the molecule is CCOc1cc(/C=C(/C#N)C(=O)Nc2ccccc2F)cc(I)c1OCc1ccc([N+](=O)[O-])cc1. The van der Waals surface area contributed by atoms with Crippen LogP contribution in [0.2, 0.25) is 0 Å². The number of ether oxygens (including phenoxy) is 2. The van der Waals surface area contributed by atoms with Crippen LogP contribution in [0.5, 0.6) is 11.5 Å². The maximum absolute atomic E-state index is 13.9. The second-order valence-corrected chi connectivity index (χ2v) is 8.24. The molecular formula is C25H19FIN3O5. The van der Waals surface area contributed by atoms with E-state index in [9.17, 15) is 24.6 Å². The summed E-state index contributed by atoms with van der Waals surface area (Å²) in [7, 11) is 0. The number of non-ortho nitro benzene ring substituents is 1. The standard InChI is InChI=1S/C25H19FIN3O5/c1-2-34-23-13-17(11-18(14-28)25(31)29-22-6-4-3-5-20(22)26)12-21(27)24(23)35-15-16-7-9-19(10-8-16)30(32)33/h3-13H,2,15H2,1H3,(H,29,31)/b18-11-. The lowest BCUT2D eigenvalue weighted by molar-refractivity contribution is -0.384. The molecule has 8 nitrogen and oxygen atoms in total. The number of carbonyl (C=O) groups excluding carboxylic acids is 1. The van der Waals surface area contributed by atoms with Gasteiger partial charge in [-0.15, -0.1) is 0 Å². The van der Waals surface area contributed by atoms with E-state index in [1.54, 1.807) is 37.3 Å². The molecule has 178 valence electrons. The van der Waals surface area contributed by atoms with E-state index in [4.69, 9.17) is 9.47 Å². The molecule has 35 heavy (non-hydrogen) atoms. The molecule has 0 heterocycles. The Morgan fingerprint density at radius 1 is 1.20 bits per heavy atom. The summed E-state index contributed by atoms with van der Waals surface area (Å²) in [6.45, 7) is 2.30. The Kier molecular flexibility index (Phi) is 8.74. The highest BCUT2D eigenvalue weighted by molar-refractivity contribution is 14.1. The minimum atomic E-state index is -0.746. The minimum absolute atomic E-state index is 0.0122.